The normalized spacial score (nSPS) is 11.9. The molecule has 1 aromatic rings. The van der Waals surface area contributed by atoms with Crippen molar-refractivity contribution in [2.24, 2.45) is 0 Å². The van der Waals surface area contributed by atoms with Crippen LogP contribution in [0.4, 0.5) is 0 Å². The topological polar surface area (TPSA) is 63.6 Å². The summed E-state index contributed by atoms with van der Waals surface area (Å²) in [5.41, 5.74) is 1.25. The number of benzene rings is 1. The van der Waals surface area contributed by atoms with Gasteiger partial charge >= 0.3 is 0 Å². The van der Waals surface area contributed by atoms with Gasteiger partial charge in [-0.2, -0.15) is 8.42 Å². The first-order valence-corrected chi connectivity index (χ1v) is 12.9. The minimum atomic E-state index is -3.90. The zero-order valence-electron chi connectivity index (χ0n) is 18.2. The highest BCUT2D eigenvalue weighted by Crippen LogP contribution is 2.16. The molecule has 0 amide bonds. The largest absolute Gasteiger partial charge is 0.494 e. The maximum Gasteiger partial charge on any atom is 0.264 e. The second-order valence-corrected chi connectivity index (χ2v) is 9.33. The fraction of sp³-hybridized carbons (Fsp3) is 0.667. The van der Waals surface area contributed by atoms with E-state index in [0.717, 1.165) is 12.2 Å². The number of hydrogen-bond donors (Lipinski definition) is 1. The van der Waals surface area contributed by atoms with Crippen molar-refractivity contribution in [2.75, 3.05) is 12.4 Å². The molecule has 0 radical (unpaired) electrons. The minimum Gasteiger partial charge on any atom is -0.494 e. The molecule has 0 bridgehead atoms. The van der Waals surface area contributed by atoms with Crippen molar-refractivity contribution in [3.63, 3.8) is 0 Å². The summed E-state index contributed by atoms with van der Waals surface area (Å²) in [6, 6.07) is 7.99. The number of unbranched alkanes of at least 4 members (excludes halogenated alkanes) is 9. The zero-order valence-corrected chi connectivity index (χ0v) is 19.0. The van der Waals surface area contributed by atoms with Gasteiger partial charge in [0.2, 0.25) is 0 Å². The summed E-state index contributed by atoms with van der Waals surface area (Å²) in [6.07, 6.45) is 20.2. The van der Waals surface area contributed by atoms with Gasteiger partial charge in [-0.25, -0.2) is 0 Å². The summed E-state index contributed by atoms with van der Waals surface area (Å²) >= 11 is 0. The Bertz CT molecular complexity index is 653. The lowest BCUT2D eigenvalue weighted by Crippen LogP contribution is -2.08. The lowest BCUT2D eigenvalue weighted by atomic mass is 10.0. The van der Waals surface area contributed by atoms with Crippen LogP contribution < -0.4 is 4.74 Å². The van der Waals surface area contributed by atoms with Crippen molar-refractivity contribution in [3.05, 3.63) is 42.0 Å². The number of hydrogen-bond acceptors (Lipinski definition) is 3. The Morgan fingerprint density at radius 2 is 1.55 bits per heavy atom. The summed E-state index contributed by atoms with van der Waals surface area (Å²) in [6.45, 7) is 2.54. The Morgan fingerprint density at radius 3 is 2.24 bits per heavy atom. The van der Waals surface area contributed by atoms with Crippen molar-refractivity contribution in [3.8, 4) is 5.75 Å². The maximum absolute atomic E-state index is 10.7. The molecule has 1 aromatic carbocycles. The Balaban J connectivity index is 2.03. The maximum atomic E-state index is 10.7. The third kappa shape index (κ3) is 16.2. The molecular weight excluding hydrogens is 384 g/mol. The van der Waals surface area contributed by atoms with E-state index in [4.69, 9.17) is 9.29 Å². The second kappa shape index (κ2) is 16.5. The highest BCUT2D eigenvalue weighted by Gasteiger charge is 2.04. The van der Waals surface area contributed by atoms with Gasteiger partial charge in [0.1, 0.15) is 5.75 Å². The van der Waals surface area contributed by atoms with E-state index in [-0.39, 0.29) is 18.8 Å². The highest BCUT2D eigenvalue weighted by atomic mass is 32.2. The van der Waals surface area contributed by atoms with E-state index in [2.05, 4.69) is 25.1 Å². The van der Waals surface area contributed by atoms with Gasteiger partial charge in [-0.05, 0) is 62.6 Å². The van der Waals surface area contributed by atoms with Gasteiger partial charge in [-0.1, -0.05) is 69.7 Å². The summed E-state index contributed by atoms with van der Waals surface area (Å²) < 4.78 is 35.7. The van der Waals surface area contributed by atoms with E-state index in [0.29, 0.717) is 0 Å². The average molecular weight is 425 g/mol. The Morgan fingerprint density at radius 1 is 0.897 bits per heavy atom. The third-order valence-electron chi connectivity index (χ3n) is 4.94. The Hall–Kier alpha value is -1.33. The molecule has 1 N–H and O–H groups in total. The molecule has 0 fully saturated rings. The van der Waals surface area contributed by atoms with Crippen LogP contribution in [0.1, 0.15) is 89.5 Å². The number of aryl methyl sites for hydroxylation is 1. The molecular formula is C24H40O4S. The van der Waals surface area contributed by atoms with Gasteiger partial charge in [0.25, 0.3) is 10.1 Å². The molecule has 1 rings (SSSR count). The summed E-state index contributed by atoms with van der Waals surface area (Å²) in [4.78, 5) is 0. The standard InChI is InChI=1S/C24H40O4S/c1-2-3-4-5-6-7-8-9-10-11-12-13-14-17-23-18-15-19-24(22-23)28-20-16-21-29(25,26)27/h7-8,15,18-19,22H,2-6,9-14,16-17,20-21H2,1H3,(H,25,26,27)/b8-7-. The molecule has 0 aliphatic heterocycles. The van der Waals surface area contributed by atoms with E-state index in [1.54, 1.807) is 0 Å². The van der Waals surface area contributed by atoms with Crippen molar-refractivity contribution in [1.29, 1.82) is 0 Å². The quantitative estimate of drug-likeness (QED) is 0.161. The third-order valence-corrected chi connectivity index (χ3v) is 5.75. The van der Waals surface area contributed by atoms with Crippen LogP contribution in [0.25, 0.3) is 0 Å². The second-order valence-electron chi connectivity index (χ2n) is 7.76. The molecule has 0 atom stereocenters. The predicted molar refractivity (Wildman–Crippen MR) is 122 cm³/mol. The molecule has 166 valence electrons. The average Bonchev–Trinajstić information content (AvgIpc) is 2.68. The molecule has 0 aromatic heterocycles. The van der Waals surface area contributed by atoms with Gasteiger partial charge in [0.05, 0.1) is 12.4 Å². The minimum absolute atomic E-state index is 0.262. The monoisotopic (exact) mass is 424 g/mol. The van der Waals surface area contributed by atoms with Crippen molar-refractivity contribution in [2.45, 2.75) is 90.4 Å². The van der Waals surface area contributed by atoms with Gasteiger partial charge in [-0.3, -0.25) is 4.55 Å². The van der Waals surface area contributed by atoms with Crippen LogP contribution in [0.5, 0.6) is 5.75 Å². The van der Waals surface area contributed by atoms with Crippen LogP contribution in [0, 0.1) is 0 Å². The lowest BCUT2D eigenvalue weighted by Gasteiger charge is -2.08. The molecule has 0 saturated carbocycles. The van der Waals surface area contributed by atoms with Crippen molar-refractivity contribution < 1.29 is 17.7 Å². The van der Waals surface area contributed by atoms with Gasteiger partial charge < -0.3 is 4.74 Å². The van der Waals surface area contributed by atoms with Crippen LogP contribution in [-0.2, 0) is 16.5 Å². The van der Waals surface area contributed by atoms with Crippen LogP contribution in [0.3, 0.4) is 0 Å². The fourth-order valence-corrected chi connectivity index (χ4v) is 3.75. The summed E-state index contributed by atoms with van der Waals surface area (Å²) in [5.74, 6) is 0.501. The zero-order chi connectivity index (χ0) is 21.2. The first kappa shape index (κ1) is 25.7. The highest BCUT2D eigenvalue weighted by molar-refractivity contribution is 7.85. The van der Waals surface area contributed by atoms with Gasteiger partial charge in [0, 0.05) is 0 Å². The van der Waals surface area contributed by atoms with E-state index in [1.165, 1.54) is 76.2 Å². The number of rotatable bonds is 18. The molecule has 0 aliphatic rings. The smallest absolute Gasteiger partial charge is 0.264 e. The van der Waals surface area contributed by atoms with E-state index < -0.39 is 10.1 Å². The predicted octanol–water partition coefficient (Wildman–Crippen LogP) is 6.75. The fourth-order valence-electron chi connectivity index (χ4n) is 3.27. The van der Waals surface area contributed by atoms with Gasteiger partial charge in [0.15, 0.2) is 0 Å². The molecule has 0 aliphatic carbocycles. The van der Waals surface area contributed by atoms with Gasteiger partial charge in [-0.15, -0.1) is 0 Å². The van der Waals surface area contributed by atoms with Crippen LogP contribution in [0.15, 0.2) is 36.4 Å². The van der Waals surface area contributed by atoms with E-state index in [1.807, 2.05) is 18.2 Å². The molecule has 0 saturated heterocycles. The summed E-state index contributed by atoms with van der Waals surface area (Å²) in [7, 11) is -3.90. The molecule has 0 spiro atoms. The molecule has 0 heterocycles. The van der Waals surface area contributed by atoms with Crippen molar-refractivity contribution in [1.82, 2.24) is 0 Å². The van der Waals surface area contributed by atoms with E-state index >= 15 is 0 Å². The number of allylic oxidation sites excluding steroid dienone is 2. The lowest BCUT2D eigenvalue weighted by molar-refractivity contribution is 0.315. The SMILES string of the molecule is CCCCCC/C=C\CCCCCCCc1cccc(OCCCS(=O)(=O)O)c1. The Kier molecular flexibility index (Phi) is 14.6. The van der Waals surface area contributed by atoms with Crippen molar-refractivity contribution >= 4 is 10.1 Å². The van der Waals surface area contributed by atoms with E-state index in [9.17, 15) is 8.42 Å². The molecule has 5 heteroatoms. The first-order valence-electron chi connectivity index (χ1n) is 11.3. The molecule has 29 heavy (non-hydrogen) atoms. The molecule has 4 nitrogen and oxygen atoms in total. The first-order chi connectivity index (χ1) is 14.0. The van der Waals surface area contributed by atoms with Crippen LogP contribution in [0.2, 0.25) is 0 Å². The van der Waals surface area contributed by atoms with Crippen LogP contribution >= 0.6 is 0 Å². The Labute approximate surface area is 178 Å². The van der Waals surface area contributed by atoms with Crippen LogP contribution in [-0.4, -0.2) is 25.3 Å². The molecule has 0 unspecified atom stereocenters. The summed E-state index contributed by atoms with van der Waals surface area (Å²) in [5, 5.41) is 0. The number of ether oxygens (including phenoxy) is 1.